The minimum atomic E-state index is -0.678. The third-order valence-corrected chi connectivity index (χ3v) is 3.78. The predicted octanol–water partition coefficient (Wildman–Crippen LogP) is 4.87. The molecule has 1 saturated heterocycles. The molecule has 0 aliphatic carbocycles. The van der Waals surface area contributed by atoms with Crippen molar-refractivity contribution in [1.82, 2.24) is 0 Å². The van der Waals surface area contributed by atoms with E-state index in [0.29, 0.717) is 18.6 Å². The largest absolute Gasteiger partial charge is 0.481 e. The van der Waals surface area contributed by atoms with Gasteiger partial charge in [0.05, 0.1) is 12.2 Å². The number of hydrogen-bond acceptors (Lipinski definition) is 2. The molecule has 1 aliphatic heterocycles. The molecule has 0 bridgehead atoms. The topological polar surface area (TPSA) is 49.8 Å². The van der Waals surface area contributed by atoms with E-state index in [-0.39, 0.29) is 0 Å². The molecule has 0 aromatic heterocycles. The molecule has 1 aliphatic rings. The highest BCUT2D eigenvalue weighted by Gasteiger charge is 2.36. The molecule has 3 heteroatoms. The van der Waals surface area contributed by atoms with Gasteiger partial charge in [0, 0.05) is 6.42 Å². The molecular weight excluding hydrogens is 264 g/mol. The first kappa shape index (κ1) is 18.0. The van der Waals surface area contributed by atoms with Crippen LogP contribution in [-0.4, -0.2) is 23.3 Å². The molecule has 0 unspecified atom stereocenters. The molecule has 0 radical (unpaired) electrons. The van der Waals surface area contributed by atoms with Gasteiger partial charge in [-0.1, -0.05) is 56.9 Å². The smallest absolute Gasteiger partial charge is 0.303 e. The van der Waals surface area contributed by atoms with Crippen LogP contribution in [0.4, 0.5) is 0 Å². The fourth-order valence-corrected chi connectivity index (χ4v) is 2.46. The summed E-state index contributed by atoms with van der Waals surface area (Å²) in [5.74, 6) is -0.678. The molecule has 1 N–H and O–H groups in total. The quantitative estimate of drug-likeness (QED) is 0.299. The maximum absolute atomic E-state index is 10.4. The Labute approximate surface area is 129 Å². The standard InChI is InChI=1S/C18H30O3/c1-2-3-4-5-7-10-13-16-17(21-16)14-11-8-6-9-12-15-18(19)20/h3-4,7,10,16-17H,2,5-6,8-9,11-15H2,1H3,(H,19,20)/t16-,17+/m0/s1. The number of allylic oxidation sites excluding steroid dienone is 3. The van der Waals surface area contributed by atoms with Gasteiger partial charge in [0.1, 0.15) is 0 Å². The molecule has 120 valence electrons. The second kappa shape index (κ2) is 11.6. The van der Waals surface area contributed by atoms with Gasteiger partial charge < -0.3 is 9.84 Å². The molecule has 0 saturated carbocycles. The van der Waals surface area contributed by atoms with Crippen LogP contribution < -0.4 is 0 Å². The molecule has 0 spiro atoms. The van der Waals surface area contributed by atoms with E-state index in [0.717, 1.165) is 44.9 Å². The van der Waals surface area contributed by atoms with Crippen LogP contribution in [0.15, 0.2) is 24.3 Å². The first-order valence-electron chi connectivity index (χ1n) is 8.41. The summed E-state index contributed by atoms with van der Waals surface area (Å²) in [6.45, 7) is 2.15. The monoisotopic (exact) mass is 294 g/mol. The van der Waals surface area contributed by atoms with Gasteiger partial charge in [0.15, 0.2) is 0 Å². The average Bonchev–Trinajstić information content (AvgIpc) is 3.20. The highest BCUT2D eigenvalue weighted by atomic mass is 16.6. The molecular formula is C18H30O3. The van der Waals surface area contributed by atoms with E-state index in [1.54, 1.807) is 0 Å². The van der Waals surface area contributed by atoms with E-state index >= 15 is 0 Å². The number of epoxide rings is 1. The maximum atomic E-state index is 10.4. The lowest BCUT2D eigenvalue weighted by Crippen LogP contribution is -1.94. The summed E-state index contributed by atoms with van der Waals surface area (Å²) in [7, 11) is 0. The Bertz CT molecular complexity index is 333. The minimum absolute atomic E-state index is 0.313. The molecule has 0 aromatic carbocycles. The number of rotatable bonds is 13. The van der Waals surface area contributed by atoms with Crippen molar-refractivity contribution in [3.63, 3.8) is 0 Å². The molecule has 0 amide bonds. The van der Waals surface area contributed by atoms with Crippen LogP contribution in [0.5, 0.6) is 0 Å². The van der Waals surface area contributed by atoms with Crippen LogP contribution in [0.1, 0.15) is 71.1 Å². The Balaban J connectivity index is 1.86. The second-order valence-corrected chi connectivity index (χ2v) is 5.74. The van der Waals surface area contributed by atoms with Gasteiger partial charge in [-0.3, -0.25) is 4.79 Å². The Kier molecular flexibility index (Phi) is 9.88. The van der Waals surface area contributed by atoms with Gasteiger partial charge in [-0.15, -0.1) is 0 Å². The average molecular weight is 294 g/mol. The van der Waals surface area contributed by atoms with Gasteiger partial charge in [-0.05, 0) is 32.1 Å². The van der Waals surface area contributed by atoms with E-state index < -0.39 is 5.97 Å². The number of aliphatic carboxylic acids is 1. The third-order valence-electron chi connectivity index (χ3n) is 3.78. The van der Waals surface area contributed by atoms with E-state index in [1.807, 2.05) is 0 Å². The maximum Gasteiger partial charge on any atom is 0.303 e. The zero-order chi connectivity index (χ0) is 15.3. The molecule has 0 aromatic rings. The SMILES string of the molecule is CCC=CCC=CC[C@@H]1O[C@@H]1CCCCCCCC(=O)O. The van der Waals surface area contributed by atoms with Crippen molar-refractivity contribution in [2.45, 2.75) is 83.3 Å². The molecule has 3 nitrogen and oxygen atoms in total. The summed E-state index contributed by atoms with van der Waals surface area (Å²) in [6.07, 6.45) is 19.8. The van der Waals surface area contributed by atoms with Crippen LogP contribution in [0.2, 0.25) is 0 Å². The number of ether oxygens (including phenoxy) is 1. The second-order valence-electron chi connectivity index (χ2n) is 5.74. The first-order chi connectivity index (χ1) is 10.2. The summed E-state index contributed by atoms with van der Waals surface area (Å²) in [6, 6.07) is 0. The summed E-state index contributed by atoms with van der Waals surface area (Å²) in [5.41, 5.74) is 0. The summed E-state index contributed by atoms with van der Waals surface area (Å²) in [5, 5.41) is 8.53. The lowest BCUT2D eigenvalue weighted by atomic mass is 10.1. The number of carboxylic acids is 1. The van der Waals surface area contributed by atoms with Gasteiger partial charge in [0.2, 0.25) is 0 Å². The number of unbranched alkanes of at least 4 members (excludes halogenated alkanes) is 4. The van der Waals surface area contributed by atoms with E-state index in [2.05, 4.69) is 31.2 Å². The van der Waals surface area contributed by atoms with Crippen LogP contribution >= 0.6 is 0 Å². The number of carboxylic acid groups (broad SMARTS) is 1. The lowest BCUT2D eigenvalue weighted by molar-refractivity contribution is -0.137. The van der Waals surface area contributed by atoms with Crippen LogP contribution in [-0.2, 0) is 9.53 Å². The summed E-state index contributed by atoms with van der Waals surface area (Å²) < 4.78 is 5.66. The van der Waals surface area contributed by atoms with Crippen LogP contribution in [0, 0.1) is 0 Å². The molecule has 1 fully saturated rings. The van der Waals surface area contributed by atoms with E-state index in [9.17, 15) is 4.79 Å². The van der Waals surface area contributed by atoms with Gasteiger partial charge in [-0.2, -0.15) is 0 Å². The lowest BCUT2D eigenvalue weighted by Gasteiger charge is -1.99. The van der Waals surface area contributed by atoms with Crippen molar-refractivity contribution in [3.05, 3.63) is 24.3 Å². The highest BCUT2D eigenvalue weighted by Crippen LogP contribution is 2.30. The molecule has 1 heterocycles. The van der Waals surface area contributed by atoms with Crippen LogP contribution in [0.3, 0.4) is 0 Å². The predicted molar refractivity (Wildman–Crippen MR) is 86.4 cm³/mol. The molecule has 2 atom stereocenters. The Morgan fingerprint density at radius 3 is 2.48 bits per heavy atom. The van der Waals surface area contributed by atoms with Gasteiger partial charge >= 0.3 is 5.97 Å². The van der Waals surface area contributed by atoms with Gasteiger partial charge in [0.25, 0.3) is 0 Å². The minimum Gasteiger partial charge on any atom is -0.481 e. The fraction of sp³-hybridized carbons (Fsp3) is 0.722. The van der Waals surface area contributed by atoms with Crippen molar-refractivity contribution in [1.29, 1.82) is 0 Å². The van der Waals surface area contributed by atoms with Crippen LogP contribution in [0.25, 0.3) is 0 Å². The Morgan fingerprint density at radius 2 is 1.71 bits per heavy atom. The van der Waals surface area contributed by atoms with E-state index in [4.69, 9.17) is 9.84 Å². The van der Waals surface area contributed by atoms with Crippen molar-refractivity contribution in [3.8, 4) is 0 Å². The fourth-order valence-electron chi connectivity index (χ4n) is 2.46. The van der Waals surface area contributed by atoms with Crippen molar-refractivity contribution in [2.24, 2.45) is 0 Å². The van der Waals surface area contributed by atoms with Crippen molar-refractivity contribution < 1.29 is 14.6 Å². The van der Waals surface area contributed by atoms with Crippen molar-refractivity contribution >= 4 is 5.97 Å². The molecule has 21 heavy (non-hydrogen) atoms. The number of hydrogen-bond donors (Lipinski definition) is 1. The third kappa shape index (κ3) is 10.3. The highest BCUT2D eigenvalue weighted by molar-refractivity contribution is 5.66. The Morgan fingerprint density at radius 1 is 1.00 bits per heavy atom. The summed E-state index contributed by atoms with van der Waals surface area (Å²) >= 11 is 0. The number of carbonyl (C=O) groups is 1. The molecule has 1 rings (SSSR count). The van der Waals surface area contributed by atoms with Crippen molar-refractivity contribution in [2.75, 3.05) is 0 Å². The normalized spacial score (nSPS) is 21.4. The zero-order valence-corrected chi connectivity index (χ0v) is 13.3. The zero-order valence-electron chi connectivity index (χ0n) is 13.3. The van der Waals surface area contributed by atoms with Gasteiger partial charge in [-0.25, -0.2) is 0 Å². The Hall–Kier alpha value is -1.09. The van der Waals surface area contributed by atoms with E-state index in [1.165, 1.54) is 12.8 Å². The summed E-state index contributed by atoms with van der Waals surface area (Å²) in [4.78, 5) is 10.4. The first-order valence-corrected chi connectivity index (χ1v) is 8.41.